The van der Waals surface area contributed by atoms with Crippen molar-refractivity contribution in [3.05, 3.63) is 0 Å². The summed E-state index contributed by atoms with van der Waals surface area (Å²) in [7, 11) is 0. The van der Waals surface area contributed by atoms with Crippen molar-refractivity contribution in [2.75, 3.05) is 26.2 Å². The molecular formula is C18H36N4. The van der Waals surface area contributed by atoms with E-state index in [1.54, 1.807) is 0 Å². The summed E-state index contributed by atoms with van der Waals surface area (Å²) >= 11 is 0. The first-order chi connectivity index (χ1) is 10.3. The van der Waals surface area contributed by atoms with Crippen molar-refractivity contribution in [2.24, 2.45) is 16.6 Å². The zero-order valence-corrected chi connectivity index (χ0v) is 15.3. The third-order valence-corrected chi connectivity index (χ3v) is 5.52. The summed E-state index contributed by atoms with van der Waals surface area (Å²) < 4.78 is 0. The standard InChI is InChI=1S/C18H36N4/c1-6-7-14(2)17-16(19)15(8-9-20-17)21-10-12-22(13-11-21)18(3,4)5/h9,14-17H,6-8,10-13,19H2,1-5H3. The van der Waals surface area contributed by atoms with Crippen LogP contribution in [-0.2, 0) is 0 Å². The molecule has 0 radical (unpaired) electrons. The van der Waals surface area contributed by atoms with Gasteiger partial charge < -0.3 is 5.73 Å². The van der Waals surface area contributed by atoms with E-state index in [2.05, 4.69) is 50.6 Å². The van der Waals surface area contributed by atoms with E-state index in [0.29, 0.717) is 18.0 Å². The molecule has 22 heavy (non-hydrogen) atoms. The Morgan fingerprint density at radius 3 is 2.41 bits per heavy atom. The van der Waals surface area contributed by atoms with Crippen LogP contribution in [0.1, 0.15) is 53.9 Å². The van der Waals surface area contributed by atoms with Gasteiger partial charge in [0, 0.05) is 50.0 Å². The van der Waals surface area contributed by atoms with Crippen LogP contribution in [-0.4, -0.2) is 65.9 Å². The van der Waals surface area contributed by atoms with E-state index in [4.69, 9.17) is 10.7 Å². The maximum atomic E-state index is 6.64. The Hall–Kier alpha value is -0.450. The minimum Gasteiger partial charge on any atom is -0.325 e. The van der Waals surface area contributed by atoms with Gasteiger partial charge in [-0.05, 0) is 39.5 Å². The van der Waals surface area contributed by atoms with E-state index in [9.17, 15) is 0 Å². The van der Waals surface area contributed by atoms with Crippen molar-refractivity contribution in [3.8, 4) is 0 Å². The van der Waals surface area contributed by atoms with Crippen molar-refractivity contribution in [2.45, 2.75) is 77.5 Å². The highest BCUT2D eigenvalue weighted by molar-refractivity contribution is 5.60. The molecule has 0 bridgehead atoms. The van der Waals surface area contributed by atoms with Crippen molar-refractivity contribution in [1.82, 2.24) is 9.80 Å². The molecule has 0 spiro atoms. The number of rotatable bonds is 4. The topological polar surface area (TPSA) is 44.9 Å². The molecule has 4 unspecified atom stereocenters. The van der Waals surface area contributed by atoms with Gasteiger partial charge in [-0.25, -0.2) is 0 Å². The molecule has 2 N–H and O–H groups in total. The monoisotopic (exact) mass is 308 g/mol. The molecule has 128 valence electrons. The minimum absolute atomic E-state index is 0.188. The predicted octanol–water partition coefficient (Wildman–Crippen LogP) is 2.38. The number of nitrogens with two attached hydrogens (primary N) is 1. The molecule has 2 aliphatic heterocycles. The third-order valence-electron chi connectivity index (χ3n) is 5.52. The van der Waals surface area contributed by atoms with Gasteiger partial charge in [-0.2, -0.15) is 0 Å². The molecule has 0 aromatic heterocycles. The summed E-state index contributed by atoms with van der Waals surface area (Å²) in [5.74, 6) is 0.593. The second-order valence-electron chi connectivity index (χ2n) is 8.16. The number of aliphatic imine (C=N–C) groups is 1. The number of hydrogen-bond donors (Lipinski definition) is 1. The van der Waals surface area contributed by atoms with E-state index < -0.39 is 0 Å². The zero-order chi connectivity index (χ0) is 16.3. The van der Waals surface area contributed by atoms with E-state index in [0.717, 1.165) is 32.6 Å². The quantitative estimate of drug-likeness (QED) is 0.867. The van der Waals surface area contributed by atoms with Gasteiger partial charge in [-0.15, -0.1) is 0 Å². The van der Waals surface area contributed by atoms with Crippen LogP contribution >= 0.6 is 0 Å². The first kappa shape index (κ1) is 17.9. The number of nitrogens with zero attached hydrogens (tertiary/aromatic N) is 3. The van der Waals surface area contributed by atoms with Crippen molar-refractivity contribution < 1.29 is 0 Å². The fraction of sp³-hybridized carbons (Fsp3) is 0.944. The lowest BCUT2D eigenvalue weighted by Crippen LogP contribution is -2.62. The summed E-state index contributed by atoms with van der Waals surface area (Å²) in [6.45, 7) is 16.1. The van der Waals surface area contributed by atoms with Gasteiger partial charge in [0.2, 0.25) is 0 Å². The lowest BCUT2D eigenvalue weighted by Gasteiger charge is -2.47. The molecule has 4 atom stereocenters. The fourth-order valence-electron chi connectivity index (χ4n) is 4.04. The molecular weight excluding hydrogens is 272 g/mol. The summed E-state index contributed by atoms with van der Waals surface area (Å²) in [4.78, 5) is 9.94. The Morgan fingerprint density at radius 1 is 1.23 bits per heavy atom. The van der Waals surface area contributed by atoms with Crippen LogP contribution in [0.4, 0.5) is 0 Å². The Labute approximate surface area is 137 Å². The van der Waals surface area contributed by atoms with Crippen LogP contribution in [0, 0.1) is 5.92 Å². The van der Waals surface area contributed by atoms with Crippen LogP contribution in [0.5, 0.6) is 0 Å². The Balaban J connectivity index is 1.95. The molecule has 1 fully saturated rings. The highest BCUT2D eigenvalue weighted by atomic mass is 15.3. The molecule has 0 aliphatic carbocycles. The second kappa shape index (κ2) is 7.41. The summed E-state index contributed by atoms with van der Waals surface area (Å²) in [5.41, 5.74) is 6.91. The van der Waals surface area contributed by atoms with Gasteiger partial charge in [-0.1, -0.05) is 20.3 Å². The summed E-state index contributed by atoms with van der Waals surface area (Å²) in [6.07, 6.45) is 5.60. The summed E-state index contributed by atoms with van der Waals surface area (Å²) in [5, 5.41) is 0. The molecule has 1 saturated heterocycles. The van der Waals surface area contributed by atoms with Crippen molar-refractivity contribution in [1.29, 1.82) is 0 Å². The maximum absolute atomic E-state index is 6.64. The molecule has 4 heteroatoms. The highest BCUT2D eigenvalue weighted by Gasteiger charge is 2.37. The average Bonchev–Trinajstić information content (AvgIpc) is 2.47. The third kappa shape index (κ3) is 4.09. The lowest BCUT2D eigenvalue weighted by molar-refractivity contribution is 0.0325. The van der Waals surface area contributed by atoms with Crippen molar-refractivity contribution >= 4 is 6.21 Å². The van der Waals surface area contributed by atoms with Gasteiger partial charge in [-0.3, -0.25) is 14.8 Å². The molecule has 0 saturated carbocycles. The summed E-state index contributed by atoms with van der Waals surface area (Å²) in [6, 6.07) is 0.969. The van der Waals surface area contributed by atoms with Crippen LogP contribution in [0.25, 0.3) is 0 Å². The van der Waals surface area contributed by atoms with E-state index in [-0.39, 0.29) is 11.6 Å². The van der Waals surface area contributed by atoms with Gasteiger partial charge in [0.15, 0.2) is 0 Å². The molecule has 4 nitrogen and oxygen atoms in total. The van der Waals surface area contributed by atoms with Crippen LogP contribution in [0.15, 0.2) is 4.99 Å². The first-order valence-corrected chi connectivity index (χ1v) is 9.11. The molecule has 0 aromatic rings. The molecule has 2 heterocycles. The molecule has 0 aromatic carbocycles. The number of hydrogen-bond acceptors (Lipinski definition) is 4. The van der Waals surface area contributed by atoms with E-state index in [1.807, 2.05) is 0 Å². The molecule has 0 amide bonds. The van der Waals surface area contributed by atoms with E-state index >= 15 is 0 Å². The largest absolute Gasteiger partial charge is 0.325 e. The van der Waals surface area contributed by atoms with Crippen LogP contribution < -0.4 is 5.73 Å². The predicted molar refractivity (Wildman–Crippen MR) is 95.6 cm³/mol. The molecule has 2 aliphatic rings. The Bertz CT molecular complexity index is 366. The second-order valence-corrected chi connectivity index (χ2v) is 8.16. The Morgan fingerprint density at radius 2 is 1.86 bits per heavy atom. The molecule has 2 rings (SSSR count). The van der Waals surface area contributed by atoms with E-state index in [1.165, 1.54) is 12.8 Å². The van der Waals surface area contributed by atoms with Crippen LogP contribution in [0.2, 0.25) is 0 Å². The van der Waals surface area contributed by atoms with Gasteiger partial charge in [0.05, 0.1) is 6.04 Å². The first-order valence-electron chi connectivity index (χ1n) is 9.11. The average molecular weight is 309 g/mol. The smallest absolute Gasteiger partial charge is 0.0687 e. The van der Waals surface area contributed by atoms with Crippen molar-refractivity contribution in [3.63, 3.8) is 0 Å². The van der Waals surface area contributed by atoms with Gasteiger partial charge in [0.1, 0.15) is 0 Å². The Kier molecular flexibility index (Phi) is 6.03. The fourth-order valence-corrected chi connectivity index (χ4v) is 4.04. The normalized spacial score (nSPS) is 33.1. The van der Waals surface area contributed by atoms with Gasteiger partial charge >= 0.3 is 0 Å². The minimum atomic E-state index is 0.188. The zero-order valence-electron chi connectivity index (χ0n) is 15.3. The number of piperazine rings is 1. The maximum Gasteiger partial charge on any atom is 0.0687 e. The van der Waals surface area contributed by atoms with Crippen LogP contribution in [0.3, 0.4) is 0 Å². The highest BCUT2D eigenvalue weighted by Crippen LogP contribution is 2.26. The van der Waals surface area contributed by atoms with Gasteiger partial charge in [0.25, 0.3) is 0 Å². The lowest BCUT2D eigenvalue weighted by atomic mass is 9.84. The SMILES string of the molecule is CCCC(C)C1N=CCC(N2CCN(C(C)(C)C)CC2)C1N.